The Hall–Kier alpha value is -2.08. The highest BCUT2D eigenvalue weighted by Crippen LogP contribution is 2.12. The van der Waals surface area contributed by atoms with E-state index in [1.54, 1.807) is 12.5 Å². The van der Waals surface area contributed by atoms with E-state index in [4.69, 9.17) is 17.3 Å². The summed E-state index contributed by atoms with van der Waals surface area (Å²) in [5.41, 5.74) is 6.68. The van der Waals surface area contributed by atoms with Crippen molar-refractivity contribution in [1.29, 1.82) is 0 Å². The van der Waals surface area contributed by atoms with Crippen molar-refractivity contribution in [3.8, 4) is 0 Å². The van der Waals surface area contributed by atoms with E-state index in [2.05, 4.69) is 20.3 Å². The average molecular weight is 252 g/mol. The molecule has 2 aromatic heterocycles. The molecule has 0 spiro atoms. The summed E-state index contributed by atoms with van der Waals surface area (Å²) in [7, 11) is 0. The zero-order valence-corrected chi connectivity index (χ0v) is 9.53. The van der Waals surface area contributed by atoms with Gasteiger partial charge in [-0.25, -0.2) is 9.97 Å². The summed E-state index contributed by atoms with van der Waals surface area (Å²) in [4.78, 5) is 22.3. The third-order valence-electron chi connectivity index (χ3n) is 2.07. The van der Waals surface area contributed by atoms with E-state index in [1.165, 1.54) is 12.1 Å². The minimum Gasteiger partial charge on any atom is -0.384 e. The molecule has 4 N–H and O–H groups in total. The number of halogens is 1. The highest BCUT2D eigenvalue weighted by Gasteiger charge is 2.08. The molecule has 0 unspecified atom stereocenters. The Balaban J connectivity index is 2.04. The molecular formula is C10H10ClN5O. The maximum absolute atomic E-state index is 11.8. The van der Waals surface area contributed by atoms with Gasteiger partial charge in [0.25, 0.3) is 5.91 Å². The van der Waals surface area contributed by atoms with Gasteiger partial charge in [0.15, 0.2) is 0 Å². The van der Waals surface area contributed by atoms with Gasteiger partial charge in [-0.15, -0.1) is 0 Å². The molecule has 17 heavy (non-hydrogen) atoms. The van der Waals surface area contributed by atoms with E-state index >= 15 is 0 Å². The lowest BCUT2D eigenvalue weighted by Crippen LogP contribution is -2.23. The Morgan fingerprint density at radius 2 is 2.35 bits per heavy atom. The topological polar surface area (TPSA) is 96.7 Å². The van der Waals surface area contributed by atoms with Gasteiger partial charge in [-0.1, -0.05) is 11.6 Å². The fraction of sp³-hybridized carbons (Fsp3) is 0.100. The minimum absolute atomic E-state index is 0.191. The van der Waals surface area contributed by atoms with Crippen molar-refractivity contribution < 1.29 is 4.79 Å². The second kappa shape index (κ2) is 4.84. The maximum atomic E-state index is 11.8. The maximum Gasteiger partial charge on any atom is 0.251 e. The molecule has 0 aliphatic heterocycles. The molecule has 1 amide bonds. The van der Waals surface area contributed by atoms with Gasteiger partial charge >= 0.3 is 0 Å². The van der Waals surface area contributed by atoms with Crippen LogP contribution in [0.4, 0.5) is 5.82 Å². The van der Waals surface area contributed by atoms with Gasteiger partial charge in [-0.2, -0.15) is 0 Å². The number of amides is 1. The number of aromatic nitrogens is 3. The summed E-state index contributed by atoms with van der Waals surface area (Å²) in [5, 5.41) is 2.90. The van der Waals surface area contributed by atoms with Crippen molar-refractivity contribution >= 4 is 23.3 Å². The smallest absolute Gasteiger partial charge is 0.251 e. The van der Waals surface area contributed by atoms with Crippen LogP contribution in [0, 0.1) is 0 Å². The first-order valence-corrected chi connectivity index (χ1v) is 5.21. The van der Waals surface area contributed by atoms with Gasteiger partial charge in [-0.05, 0) is 12.1 Å². The van der Waals surface area contributed by atoms with Crippen molar-refractivity contribution in [2.75, 3.05) is 5.73 Å². The van der Waals surface area contributed by atoms with Crippen LogP contribution in [0.1, 0.15) is 16.1 Å². The van der Waals surface area contributed by atoms with Crippen molar-refractivity contribution in [1.82, 2.24) is 20.3 Å². The summed E-state index contributed by atoms with van der Waals surface area (Å²) in [5.74, 6) is -0.0557. The summed E-state index contributed by atoms with van der Waals surface area (Å²) in [6.07, 6.45) is 3.18. The first-order chi connectivity index (χ1) is 8.15. The molecule has 0 fully saturated rings. The number of rotatable bonds is 3. The summed E-state index contributed by atoms with van der Waals surface area (Å²) < 4.78 is 0. The summed E-state index contributed by atoms with van der Waals surface area (Å²) >= 11 is 5.71. The molecule has 88 valence electrons. The van der Waals surface area contributed by atoms with Crippen LogP contribution in [-0.2, 0) is 6.54 Å². The number of nitrogens with zero attached hydrogens (tertiary/aromatic N) is 2. The number of H-pyrrole nitrogens is 1. The number of hydrogen-bond acceptors (Lipinski definition) is 4. The zero-order valence-electron chi connectivity index (χ0n) is 8.77. The predicted molar refractivity (Wildman–Crippen MR) is 63.4 cm³/mol. The van der Waals surface area contributed by atoms with Gasteiger partial charge < -0.3 is 16.0 Å². The standard InChI is InChI=1S/C10H10ClN5O/c11-8-1-6(2-9(12)16-8)10(17)14-4-7-3-13-5-15-7/h1-3,5H,4H2,(H2,12,16)(H,13,15)(H,14,17). The third kappa shape index (κ3) is 2.94. The van der Waals surface area contributed by atoms with Gasteiger partial charge in [0, 0.05) is 11.8 Å². The number of nitrogens with one attached hydrogen (secondary N) is 2. The largest absolute Gasteiger partial charge is 0.384 e. The van der Waals surface area contributed by atoms with E-state index in [1.807, 2.05) is 0 Å². The first-order valence-electron chi connectivity index (χ1n) is 4.83. The number of carbonyl (C=O) groups excluding carboxylic acids is 1. The number of hydrogen-bond donors (Lipinski definition) is 3. The molecule has 0 aliphatic rings. The van der Waals surface area contributed by atoms with Gasteiger partial charge in [-0.3, -0.25) is 4.79 Å². The number of anilines is 1. The van der Waals surface area contributed by atoms with Crippen LogP contribution in [-0.4, -0.2) is 20.9 Å². The van der Waals surface area contributed by atoms with Crippen LogP contribution < -0.4 is 11.1 Å². The van der Waals surface area contributed by atoms with Crippen LogP contribution in [0.2, 0.25) is 5.15 Å². The van der Waals surface area contributed by atoms with Crippen LogP contribution in [0.3, 0.4) is 0 Å². The second-order valence-electron chi connectivity index (χ2n) is 3.36. The Labute approximate surface area is 102 Å². The Bertz CT molecular complexity index is 505. The van der Waals surface area contributed by atoms with Crippen molar-refractivity contribution in [2.24, 2.45) is 0 Å². The highest BCUT2D eigenvalue weighted by atomic mass is 35.5. The Morgan fingerprint density at radius 3 is 3.00 bits per heavy atom. The predicted octanol–water partition coefficient (Wildman–Crippen LogP) is 0.970. The van der Waals surface area contributed by atoms with Crippen LogP contribution in [0.15, 0.2) is 24.7 Å². The molecule has 2 heterocycles. The molecule has 0 bridgehead atoms. The fourth-order valence-electron chi connectivity index (χ4n) is 1.31. The number of imidazole rings is 1. The molecule has 0 atom stereocenters. The normalized spacial score (nSPS) is 10.2. The highest BCUT2D eigenvalue weighted by molar-refractivity contribution is 6.29. The molecule has 6 nitrogen and oxygen atoms in total. The number of pyridine rings is 1. The number of aromatic amines is 1. The zero-order chi connectivity index (χ0) is 12.3. The molecule has 2 aromatic rings. The van der Waals surface area contributed by atoms with Crippen molar-refractivity contribution in [2.45, 2.75) is 6.54 Å². The van der Waals surface area contributed by atoms with E-state index < -0.39 is 0 Å². The molecule has 0 aliphatic carbocycles. The van der Waals surface area contributed by atoms with Gasteiger partial charge in [0.05, 0.1) is 18.6 Å². The Morgan fingerprint density at radius 1 is 1.53 bits per heavy atom. The van der Waals surface area contributed by atoms with Crippen molar-refractivity contribution in [3.63, 3.8) is 0 Å². The van der Waals surface area contributed by atoms with Crippen LogP contribution in [0.25, 0.3) is 0 Å². The molecule has 0 aromatic carbocycles. The second-order valence-corrected chi connectivity index (χ2v) is 3.75. The SMILES string of the molecule is Nc1cc(C(=O)NCc2cnc[nH]2)cc(Cl)n1. The van der Waals surface area contributed by atoms with Crippen molar-refractivity contribution in [3.05, 3.63) is 41.1 Å². The molecule has 2 rings (SSSR count). The van der Waals surface area contributed by atoms with Gasteiger partial charge in [0.1, 0.15) is 11.0 Å². The van der Waals surface area contributed by atoms with E-state index in [9.17, 15) is 4.79 Å². The molecular weight excluding hydrogens is 242 g/mol. The number of carbonyl (C=O) groups is 1. The lowest BCUT2D eigenvalue weighted by atomic mass is 10.2. The number of nitrogens with two attached hydrogens (primary N) is 1. The van der Waals surface area contributed by atoms with E-state index in [0.29, 0.717) is 12.1 Å². The fourth-order valence-corrected chi connectivity index (χ4v) is 1.52. The summed E-state index contributed by atoms with van der Waals surface area (Å²) in [6, 6.07) is 2.92. The Kier molecular flexibility index (Phi) is 3.24. The molecule has 0 saturated carbocycles. The third-order valence-corrected chi connectivity index (χ3v) is 2.26. The molecule has 7 heteroatoms. The monoisotopic (exact) mass is 251 g/mol. The van der Waals surface area contributed by atoms with E-state index in [0.717, 1.165) is 5.69 Å². The molecule has 0 saturated heterocycles. The quantitative estimate of drug-likeness (QED) is 0.708. The first kappa shape index (κ1) is 11.4. The summed E-state index contributed by atoms with van der Waals surface area (Å²) in [6.45, 7) is 0.360. The van der Waals surface area contributed by atoms with Crippen LogP contribution >= 0.6 is 11.6 Å². The number of nitrogen functional groups attached to an aromatic ring is 1. The average Bonchev–Trinajstić information content (AvgIpc) is 2.77. The van der Waals surface area contributed by atoms with Crippen LogP contribution in [0.5, 0.6) is 0 Å². The lowest BCUT2D eigenvalue weighted by molar-refractivity contribution is 0.0950. The minimum atomic E-state index is -0.268. The van der Waals surface area contributed by atoms with E-state index in [-0.39, 0.29) is 16.9 Å². The lowest BCUT2D eigenvalue weighted by Gasteiger charge is -2.04. The molecule has 0 radical (unpaired) electrons. The van der Waals surface area contributed by atoms with Gasteiger partial charge in [0.2, 0.25) is 0 Å².